The number of rotatable bonds is 3. The summed E-state index contributed by atoms with van der Waals surface area (Å²) >= 11 is 3.44. The highest BCUT2D eigenvalue weighted by Crippen LogP contribution is 2.44. The third-order valence-electron chi connectivity index (χ3n) is 4.84. The summed E-state index contributed by atoms with van der Waals surface area (Å²) in [5.74, 6) is 0.323. The van der Waals surface area contributed by atoms with Crippen molar-refractivity contribution in [1.29, 1.82) is 0 Å². The molecule has 2 fully saturated rings. The van der Waals surface area contributed by atoms with Crippen molar-refractivity contribution in [2.75, 3.05) is 5.73 Å². The minimum Gasteiger partial charge on any atom is -0.398 e. The third kappa shape index (κ3) is 2.37. The van der Waals surface area contributed by atoms with Crippen LogP contribution in [0.5, 0.6) is 0 Å². The summed E-state index contributed by atoms with van der Waals surface area (Å²) in [4.78, 5) is 26.5. The van der Waals surface area contributed by atoms with Gasteiger partial charge in [0.1, 0.15) is 0 Å². The van der Waals surface area contributed by atoms with Crippen molar-refractivity contribution in [1.82, 2.24) is 4.90 Å². The average molecular weight is 351 g/mol. The Balaban J connectivity index is 1.81. The number of imide groups is 1. The zero-order valence-corrected chi connectivity index (χ0v) is 13.6. The normalized spacial score (nSPS) is 28.3. The van der Waals surface area contributed by atoms with Crippen LogP contribution >= 0.6 is 15.9 Å². The largest absolute Gasteiger partial charge is 0.398 e. The second kappa shape index (κ2) is 5.44. The number of nitrogens with zero attached hydrogens (tertiary/aromatic N) is 1. The van der Waals surface area contributed by atoms with E-state index in [-0.39, 0.29) is 23.7 Å². The van der Waals surface area contributed by atoms with Crippen molar-refractivity contribution in [3.63, 3.8) is 0 Å². The molecule has 2 N–H and O–H groups in total. The van der Waals surface area contributed by atoms with E-state index >= 15 is 0 Å². The van der Waals surface area contributed by atoms with Crippen LogP contribution in [0.15, 0.2) is 22.7 Å². The zero-order chi connectivity index (χ0) is 15.1. The zero-order valence-electron chi connectivity index (χ0n) is 12.0. The van der Waals surface area contributed by atoms with Gasteiger partial charge in [0, 0.05) is 10.2 Å². The third-order valence-corrected chi connectivity index (χ3v) is 5.81. The number of anilines is 1. The minimum absolute atomic E-state index is 0.00438. The standard InChI is InChI=1S/C16H19BrN2O2/c1-2-9-6-11-12(7-9)16(21)19(15(11)20)8-10-4-3-5-13(18)14(10)17/h3-5,9,11-12H,2,6-8,18H2,1H3. The van der Waals surface area contributed by atoms with Gasteiger partial charge in [-0.3, -0.25) is 14.5 Å². The van der Waals surface area contributed by atoms with Crippen LogP contribution in [0.25, 0.3) is 0 Å². The molecule has 1 heterocycles. The van der Waals surface area contributed by atoms with E-state index in [1.54, 1.807) is 6.07 Å². The number of benzene rings is 1. The number of carbonyl (C=O) groups excluding carboxylic acids is 2. The topological polar surface area (TPSA) is 63.4 Å². The van der Waals surface area contributed by atoms with Crippen molar-refractivity contribution in [3.05, 3.63) is 28.2 Å². The lowest BCUT2D eigenvalue weighted by atomic mass is 10.00. The van der Waals surface area contributed by atoms with E-state index in [9.17, 15) is 9.59 Å². The Labute approximate surface area is 132 Å². The Kier molecular flexibility index (Phi) is 3.78. The van der Waals surface area contributed by atoms with Gasteiger partial charge in [0.25, 0.3) is 0 Å². The van der Waals surface area contributed by atoms with E-state index < -0.39 is 0 Å². The quantitative estimate of drug-likeness (QED) is 0.673. The van der Waals surface area contributed by atoms with E-state index in [4.69, 9.17) is 5.73 Å². The molecular weight excluding hydrogens is 332 g/mol. The van der Waals surface area contributed by atoms with E-state index in [1.807, 2.05) is 12.1 Å². The Morgan fingerprint density at radius 3 is 2.43 bits per heavy atom. The predicted molar refractivity (Wildman–Crippen MR) is 84.1 cm³/mol. The van der Waals surface area contributed by atoms with Crippen LogP contribution < -0.4 is 5.73 Å². The number of carbonyl (C=O) groups is 2. The number of amides is 2. The maximum atomic E-state index is 12.5. The number of nitrogens with two attached hydrogens (primary N) is 1. The molecule has 1 aromatic carbocycles. The Bertz CT molecular complexity index is 578. The lowest BCUT2D eigenvalue weighted by Gasteiger charge is -2.18. The number of nitrogen functional groups attached to an aromatic ring is 1. The monoisotopic (exact) mass is 350 g/mol. The maximum Gasteiger partial charge on any atom is 0.233 e. The summed E-state index contributed by atoms with van der Waals surface area (Å²) in [6.45, 7) is 2.44. The Hall–Kier alpha value is -1.36. The minimum atomic E-state index is -0.0951. The second-order valence-corrected chi connectivity index (χ2v) is 6.83. The maximum absolute atomic E-state index is 12.5. The summed E-state index contributed by atoms with van der Waals surface area (Å²) in [6, 6.07) is 5.53. The Morgan fingerprint density at radius 1 is 1.24 bits per heavy atom. The number of hydrogen-bond donors (Lipinski definition) is 1. The van der Waals surface area contributed by atoms with E-state index in [2.05, 4.69) is 22.9 Å². The van der Waals surface area contributed by atoms with Gasteiger partial charge in [-0.25, -0.2) is 0 Å². The molecule has 1 aliphatic carbocycles. The highest BCUT2D eigenvalue weighted by Gasteiger charge is 2.52. The van der Waals surface area contributed by atoms with Crippen LogP contribution in [-0.2, 0) is 16.1 Å². The number of hydrogen-bond acceptors (Lipinski definition) is 3. The van der Waals surface area contributed by atoms with Crippen LogP contribution in [0, 0.1) is 17.8 Å². The van der Waals surface area contributed by atoms with Gasteiger partial charge < -0.3 is 5.73 Å². The molecule has 0 aromatic heterocycles. The highest BCUT2D eigenvalue weighted by atomic mass is 79.9. The summed E-state index contributed by atoms with van der Waals surface area (Å²) < 4.78 is 0.772. The molecule has 2 amide bonds. The fourth-order valence-electron chi connectivity index (χ4n) is 3.58. The number of fused-ring (bicyclic) bond motifs is 1. The molecule has 2 atom stereocenters. The van der Waals surface area contributed by atoms with Gasteiger partial charge in [-0.1, -0.05) is 25.5 Å². The summed E-state index contributed by atoms with van der Waals surface area (Å²) in [5, 5.41) is 0. The molecule has 0 spiro atoms. The van der Waals surface area contributed by atoms with Gasteiger partial charge >= 0.3 is 0 Å². The first kappa shape index (κ1) is 14.6. The van der Waals surface area contributed by atoms with Gasteiger partial charge in [-0.15, -0.1) is 0 Å². The van der Waals surface area contributed by atoms with E-state index in [0.29, 0.717) is 18.2 Å². The van der Waals surface area contributed by atoms with Gasteiger partial charge in [-0.2, -0.15) is 0 Å². The molecule has 2 unspecified atom stereocenters. The fraction of sp³-hybridized carbons (Fsp3) is 0.500. The highest BCUT2D eigenvalue weighted by molar-refractivity contribution is 9.10. The summed E-state index contributed by atoms with van der Waals surface area (Å²) in [6.07, 6.45) is 2.77. The molecule has 0 radical (unpaired) electrons. The molecule has 3 rings (SSSR count). The van der Waals surface area contributed by atoms with Gasteiger partial charge in [0.15, 0.2) is 0 Å². The average Bonchev–Trinajstić information content (AvgIpc) is 2.99. The molecule has 1 saturated heterocycles. The second-order valence-electron chi connectivity index (χ2n) is 6.04. The fourth-order valence-corrected chi connectivity index (χ4v) is 3.97. The van der Waals surface area contributed by atoms with Gasteiger partial charge in [-0.05, 0) is 46.3 Å². The first-order valence-corrected chi connectivity index (χ1v) is 8.20. The van der Waals surface area contributed by atoms with Crippen LogP contribution in [0.4, 0.5) is 5.69 Å². The molecule has 4 nitrogen and oxygen atoms in total. The van der Waals surface area contributed by atoms with Crippen LogP contribution in [0.1, 0.15) is 31.7 Å². The van der Waals surface area contributed by atoms with Crippen molar-refractivity contribution in [2.24, 2.45) is 17.8 Å². The molecular formula is C16H19BrN2O2. The molecule has 1 aromatic rings. The molecule has 5 heteroatoms. The summed E-state index contributed by atoms with van der Waals surface area (Å²) in [7, 11) is 0. The van der Waals surface area contributed by atoms with Crippen molar-refractivity contribution >= 4 is 33.4 Å². The molecule has 21 heavy (non-hydrogen) atoms. The lowest BCUT2D eigenvalue weighted by molar-refractivity contribution is -0.141. The number of likely N-dealkylation sites (tertiary alicyclic amines) is 1. The van der Waals surface area contributed by atoms with Crippen molar-refractivity contribution < 1.29 is 9.59 Å². The first-order chi connectivity index (χ1) is 10.0. The number of halogens is 1. The van der Waals surface area contributed by atoms with Crippen molar-refractivity contribution in [2.45, 2.75) is 32.7 Å². The van der Waals surface area contributed by atoms with Crippen LogP contribution in [-0.4, -0.2) is 16.7 Å². The molecule has 1 saturated carbocycles. The SMILES string of the molecule is CCC1CC2C(=O)N(Cc3cccc(N)c3Br)C(=O)C2C1. The van der Waals surface area contributed by atoms with E-state index in [1.165, 1.54) is 4.90 Å². The van der Waals surface area contributed by atoms with Crippen LogP contribution in [0.3, 0.4) is 0 Å². The molecule has 2 aliphatic rings. The van der Waals surface area contributed by atoms with Gasteiger partial charge in [0.2, 0.25) is 11.8 Å². The van der Waals surface area contributed by atoms with Crippen molar-refractivity contribution in [3.8, 4) is 0 Å². The van der Waals surface area contributed by atoms with Gasteiger partial charge in [0.05, 0.1) is 18.4 Å². The Morgan fingerprint density at radius 2 is 1.86 bits per heavy atom. The molecule has 1 aliphatic heterocycles. The smallest absolute Gasteiger partial charge is 0.233 e. The first-order valence-electron chi connectivity index (χ1n) is 7.41. The van der Waals surface area contributed by atoms with Crippen LogP contribution in [0.2, 0.25) is 0 Å². The predicted octanol–water partition coefficient (Wildman–Crippen LogP) is 2.95. The summed E-state index contributed by atoms with van der Waals surface area (Å²) in [5.41, 5.74) is 7.36. The molecule has 0 bridgehead atoms. The molecule has 112 valence electrons. The lowest BCUT2D eigenvalue weighted by Crippen LogP contribution is -2.32. The van der Waals surface area contributed by atoms with E-state index in [0.717, 1.165) is 29.3 Å².